The average Bonchev–Trinajstić information content (AvgIpc) is 2.98. The number of rotatable bonds is 1. The van der Waals surface area contributed by atoms with Crippen LogP contribution in [-0.2, 0) is 0 Å². The minimum Gasteiger partial charge on any atom is -0.360 e. The molecule has 0 fully saturated rings. The summed E-state index contributed by atoms with van der Waals surface area (Å²) in [7, 11) is 0. The number of aryl methyl sites for hydroxylation is 2. The summed E-state index contributed by atoms with van der Waals surface area (Å²) in [5.41, 5.74) is 7.59. The summed E-state index contributed by atoms with van der Waals surface area (Å²) >= 11 is 0. The molecule has 0 saturated heterocycles. The first-order valence-electron chi connectivity index (χ1n) is 7.41. The Morgan fingerprint density at radius 3 is 2.61 bits per heavy atom. The van der Waals surface area contributed by atoms with Crippen molar-refractivity contribution in [1.29, 1.82) is 5.26 Å². The second-order valence-electron chi connectivity index (χ2n) is 5.75. The van der Waals surface area contributed by atoms with Crippen LogP contribution in [0.25, 0.3) is 33.2 Å². The van der Waals surface area contributed by atoms with E-state index in [4.69, 9.17) is 10.2 Å². The van der Waals surface area contributed by atoms with E-state index in [2.05, 4.69) is 42.0 Å². The van der Waals surface area contributed by atoms with E-state index in [-0.39, 0.29) is 0 Å². The van der Waals surface area contributed by atoms with Gasteiger partial charge in [0.05, 0.1) is 34.6 Å². The maximum atomic E-state index is 9.11. The number of hydrogen-bond donors (Lipinski definition) is 1. The molecule has 110 valence electrons. The third-order valence-corrected chi connectivity index (χ3v) is 4.24. The molecule has 0 spiro atoms. The highest BCUT2D eigenvalue weighted by Crippen LogP contribution is 2.29. The Bertz CT molecular complexity index is 1100. The number of nitrogens with one attached hydrogen (secondary N) is 1. The van der Waals surface area contributed by atoms with Crippen LogP contribution in [-0.4, -0.2) is 15.0 Å². The van der Waals surface area contributed by atoms with Gasteiger partial charge in [-0.1, -0.05) is 0 Å². The van der Waals surface area contributed by atoms with Crippen molar-refractivity contribution in [3.05, 3.63) is 59.4 Å². The summed E-state index contributed by atoms with van der Waals surface area (Å²) in [6.45, 7) is 4.15. The van der Waals surface area contributed by atoms with Crippen LogP contribution in [0.3, 0.4) is 0 Å². The van der Waals surface area contributed by atoms with Gasteiger partial charge in [0.25, 0.3) is 0 Å². The van der Waals surface area contributed by atoms with Crippen molar-refractivity contribution in [2.24, 2.45) is 0 Å². The molecule has 2 heterocycles. The monoisotopic (exact) mass is 298 g/mol. The van der Waals surface area contributed by atoms with E-state index in [9.17, 15) is 0 Å². The molecule has 0 aliphatic carbocycles. The fraction of sp³-hybridized carbons (Fsp3) is 0.105. The lowest BCUT2D eigenvalue weighted by Crippen LogP contribution is -1.91. The molecule has 4 nitrogen and oxygen atoms in total. The lowest BCUT2D eigenvalue weighted by Gasteiger charge is -2.05. The molecule has 0 bridgehead atoms. The maximum Gasteiger partial charge on any atom is 0.0991 e. The summed E-state index contributed by atoms with van der Waals surface area (Å²) in [6.07, 6.45) is 3.71. The number of hydrogen-bond acceptors (Lipinski definition) is 3. The Kier molecular flexibility index (Phi) is 2.88. The number of H-pyrrole nitrogens is 1. The molecule has 0 amide bonds. The van der Waals surface area contributed by atoms with Gasteiger partial charge in [-0.3, -0.25) is 4.98 Å². The Hall–Kier alpha value is -3.19. The SMILES string of the molecule is Cc1cc2ncc(-c3c[nH]c4ccc(C#N)cc34)nc2cc1C. The molecule has 4 heteroatoms. The van der Waals surface area contributed by atoms with Crippen molar-refractivity contribution in [2.45, 2.75) is 13.8 Å². The third kappa shape index (κ3) is 2.14. The van der Waals surface area contributed by atoms with Gasteiger partial charge >= 0.3 is 0 Å². The molecule has 0 aliphatic heterocycles. The van der Waals surface area contributed by atoms with Crippen molar-refractivity contribution in [1.82, 2.24) is 15.0 Å². The van der Waals surface area contributed by atoms with Crippen molar-refractivity contribution < 1.29 is 0 Å². The smallest absolute Gasteiger partial charge is 0.0991 e. The van der Waals surface area contributed by atoms with E-state index in [1.165, 1.54) is 11.1 Å². The molecular weight excluding hydrogens is 284 g/mol. The summed E-state index contributed by atoms with van der Waals surface area (Å²) < 4.78 is 0. The number of benzene rings is 2. The molecule has 0 radical (unpaired) electrons. The average molecular weight is 298 g/mol. The highest BCUT2D eigenvalue weighted by atomic mass is 14.8. The second kappa shape index (κ2) is 4.92. The highest BCUT2D eigenvalue weighted by Gasteiger charge is 2.10. The minimum atomic E-state index is 0.638. The molecule has 0 unspecified atom stereocenters. The maximum absolute atomic E-state index is 9.11. The van der Waals surface area contributed by atoms with Crippen LogP contribution in [0.5, 0.6) is 0 Å². The van der Waals surface area contributed by atoms with Crippen LogP contribution >= 0.6 is 0 Å². The fourth-order valence-corrected chi connectivity index (χ4v) is 2.80. The Labute approximate surface area is 133 Å². The van der Waals surface area contributed by atoms with Gasteiger partial charge < -0.3 is 4.98 Å². The van der Waals surface area contributed by atoms with Gasteiger partial charge in [-0.05, 0) is 55.3 Å². The number of fused-ring (bicyclic) bond motifs is 2. The molecule has 2 aromatic heterocycles. The predicted octanol–water partition coefficient (Wildman–Crippen LogP) is 4.27. The van der Waals surface area contributed by atoms with Gasteiger partial charge in [0.15, 0.2) is 0 Å². The molecule has 1 N–H and O–H groups in total. The van der Waals surface area contributed by atoms with E-state index in [0.29, 0.717) is 5.56 Å². The zero-order chi connectivity index (χ0) is 16.0. The largest absolute Gasteiger partial charge is 0.360 e. The van der Waals surface area contributed by atoms with E-state index in [1.807, 2.05) is 18.3 Å². The second-order valence-corrected chi connectivity index (χ2v) is 5.75. The standard InChI is InChI=1S/C19H14N4/c1-11-5-17-18(6-12(11)2)23-19(10-22-17)15-9-21-16-4-3-13(8-20)7-14(15)16/h3-7,9-10,21H,1-2H3. The first-order chi connectivity index (χ1) is 11.2. The van der Waals surface area contributed by atoms with Gasteiger partial charge in [-0.15, -0.1) is 0 Å². The number of aromatic amines is 1. The Morgan fingerprint density at radius 2 is 1.83 bits per heavy atom. The van der Waals surface area contributed by atoms with Crippen LogP contribution in [0.2, 0.25) is 0 Å². The van der Waals surface area contributed by atoms with Gasteiger partial charge in [-0.25, -0.2) is 4.98 Å². The van der Waals surface area contributed by atoms with Crippen LogP contribution < -0.4 is 0 Å². The molecule has 4 aromatic rings. The molecule has 4 rings (SSSR count). The normalized spacial score (nSPS) is 11.0. The van der Waals surface area contributed by atoms with E-state index in [1.54, 1.807) is 12.3 Å². The predicted molar refractivity (Wildman–Crippen MR) is 91.0 cm³/mol. The van der Waals surface area contributed by atoms with Crippen LogP contribution in [0.1, 0.15) is 16.7 Å². The molecule has 0 atom stereocenters. The van der Waals surface area contributed by atoms with Gasteiger partial charge in [0.1, 0.15) is 0 Å². The van der Waals surface area contributed by atoms with Crippen LogP contribution in [0.15, 0.2) is 42.7 Å². The molecule has 2 aromatic carbocycles. The van der Waals surface area contributed by atoms with Crippen LogP contribution in [0.4, 0.5) is 0 Å². The quantitative estimate of drug-likeness (QED) is 0.571. The summed E-state index contributed by atoms with van der Waals surface area (Å²) in [5, 5.41) is 10.1. The molecule has 23 heavy (non-hydrogen) atoms. The zero-order valence-corrected chi connectivity index (χ0v) is 12.9. The third-order valence-electron chi connectivity index (χ3n) is 4.24. The van der Waals surface area contributed by atoms with Crippen molar-refractivity contribution >= 4 is 21.9 Å². The first kappa shape index (κ1) is 13.5. The minimum absolute atomic E-state index is 0.638. The summed E-state index contributed by atoms with van der Waals surface area (Å²) in [5.74, 6) is 0. The summed E-state index contributed by atoms with van der Waals surface area (Å²) in [6, 6.07) is 11.9. The number of aromatic nitrogens is 3. The topological polar surface area (TPSA) is 65.4 Å². The van der Waals surface area contributed by atoms with E-state index >= 15 is 0 Å². The lowest BCUT2D eigenvalue weighted by atomic mass is 10.1. The lowest BCUT2D eigenvalue weighted by molar-refractivity contribution is 1.26. The number of nitrogens with zero attached hydrogens (tertiary/aromatic N) is 3. The molecule has 0 aliphatic rings. The van der Waals surface area contributed by atoms with Crippen LogP contribution in [0, 0.1) is 25.2 Å². The zero-order valence-electron chi connectivity index (χ0n) is 12.9. The molecular formula is C19H14N4. The van der Waals surface area contributed by atoms with Gasteiger partial charge in [0, 0.05) is 22.7 Å². The van der Waals surface area contributed by atoms with Crippen molar-refractivity contribution in [3.8, 4) is 17.3 Å². The highest BCUT2D eigenvalue weighted by molar-refractivity contribution is 5.96. The Balaban J connectivity index is 1.95. The van der Waals surface area contributed by atoms with Gasteiger partial charge in [0.2, 0.25) is 0 Å². The first-order valence-corrected chi connectivity index (χ1v) is 7.41. The van der Waals surface area contributed by atoms with Crippen molar-refractivity contribution in [2.75, 3.05) is 0 Å². The number of nitriles is 1. The molecule has 0 saturated carbocycles. The fourth-order valence-electron chi connectivity index (χ4n) is 2.80. The van der Waals surface area contributed by atoms with Crippen molar-refractivity contribution in [3.63, 3.8) is 0 Å². The van der Waals surface area contributed by atoms with E-state index < -0.39 is 0 Å². The van der Waals surface area contributed by atoms with Gasteiger partial charge in [-0.2, -0.15) is 5.26 Å². The summed E-state index contributed by atoms with van der Waals surface area (Å²) in [4.78, 5) is 12.5. The van der Waals surface area contributed by atoms with E-state index in [0.717, 1.165) is 33.2 Å². The Morgan fingerprint density at radius 1 is 1.04 bits per heavy atom.